The number of nitrogens with zero attached hydrogens (tertiary/aromatic N) is 1. The predicted octanol–water partition coefficient (Wildman–Crippen LogP) is 2.39. The molecule has 1 fully saturated rings. The molecule has 1 aromatic rings. The molecule has 0 amide bonds. The van der Waals surface area contributed by atoms with E-state index in [-0.39, 0.29) is 27.2 Å². The van der Waals surface area contributed by atoms with Gasteiger partial charge >= 0.3 is 7.82 Å². The molecule has 1 aromatic carbocycles. The number of ether oxygens (including phenoxy) is 1. The minimum atomic E-state index is -4.89. The molecule has 3 aliphatic heterocycles. The van der Waals surface area contributed by atoms with E-state index < -0.39 is 51.1 Å². The van der Waals surface area contributed by atoms with Gasteiger partial charge in [-0.05, 0) is 18.2 Å². The van der Waals surface area contributed by atoms with Gasteiger partial charge in [0.25, 0.3) is 5.85 Å². The molecule has 168 valence electrons. The van der Waals surface area contributed by atoms with Crippen molar-refractivity contribution < 1.29 is 46.0 Å². The molecule has 14 heteroatoms. The minimum absolute atomic E-state index is 0.00502. The van der Waals surface area contributed by atoms with E-state index in [2.05, 4.69) is 16.4 Å². The Kier molecular flexibility index (Phi) is 4.91. The van der Waals surface area contributed by atoms with E-state index in [1.165, 1.54) is 0 Å². The van der Waals surface area contributed by atoms with Crippen LogP contribution < -0.4 is 9.84 Å². The van der Waals surface area contributed by atoms with Crippen LogP contribution in [0.4, 0.5) is 8.78 Å². The third-order valence-electron chi connectivity index (χ3n) is 4.34. The van der Waals surface area contributed by atoms with Crippen molar-refractivity contribution in [1.29, 1.82) is 0 Å². The maximum absolute atomic E-state index is 15.9. The highest BCUT2D eigenvalue weighted by Gasteiger charge is 2.58. The van der Waals surface area contributed by atoms with Crippen LogP contribution in [0, 0.1) is 5.82 Å². The van der Waals surface area contributed by atoms with Crippen molar-refractivity contribution in [2.45, 2.75) is 30.9 Å². The van der Waals surface area contributed by atoms with E-state index in [4.69, 9.17) is 41.7 Å². The third-order valence-corrected chi connectivity index (χ3v) is 6.24. The van der Waals surface area contributed by atoms with Crippen LogP contribution in [0.5, 0.6) is 5.75 Å². The van der Waals surface area contributed by atoms with E-state index in [1.807, 2.05) is 0 Å². The van der Waals surface area contributed by atoms with Crippen LogP contribution in [-0.2, 0) is 25.0 Å². The van der Waals surface area contributed by atoms with Crippen molar-refractivity contribution in [3.63, 3.8) is 0 Å². The lowest BCUT2D eigenvalue weighted by Crippen LogP contribution is -2.47. The Morgan fingerprint density at radius 3 is 3.06 bits per heavy atom. The summed E-state index contributed by atoms with van der Waals surface area (Å²) < 4.78 is 86.0. The maximum atomic E-state index is 15.9. The molecule has 9 nitrogen and oxygen atoms in total. The van der Waals surface area contributed by atoms with Gasteiger partial charge in [-0.25, -0.2) is 13.3 Å². The van der Waals surface area contributed by atoms with Crippen LogP contribution in [0.1, 0.15) is 9.68 Å². The molecule has 1 unspecified atom stereocenters. The first kappa shape index (κ1) is 18.9. The summed E-state index contributed by atoms with van der Waals surface area (Å²) in [6.45, 7) is -0.809. The highest BCUT2D eigenvalue weighted by atomic mass is 35.5. The number of thiocarbonyl (C=S) groups is 1. The first-order valence-corrected chi connectivity index (χ1v) is 10.7. The van der Waals surface area contributed by atoms with Gasteiger partial charge in [0.2, 0.25) is 0 Å². The molecule has 5 atom stereocenters. The van der Waals surface area contributed by atoms with Crippen molar-refractivity contribution >= 4 is 36.6 Å². The second-order valence-corrected chi connectivity index (χ2v) is 8.81. The third kappa shape index (κ3) is 4.22. The number of hydrogen-bond acceptors (Lipinski definition) is 9. The summed E-state index contributed by atoms with van der Waals surface area (Å²) >= 11 is 10.8. The topological polar surface area (TPSA) is 110 Å². The van der Waals surface area contributed by atoms with Gasteiger partial charge in [-0.3, -0.25) is 9.05 Å². The van der Waals surface area contributed by atoms with E-state index in [1.54, 1.807) is 0 Å². The Balaban J connectivity index is 1.63. The highest BCUT2D eigenvalue weighted by Crippen LogP contribution is 2.55. The van der Waals surface area contributed by atoms with E-state index in [0.29, 0.717) is 4.90 Å². The molecule has 1 saturated heterocycles. The van der Waals surface area contributed by atoms with E-state index in [0.717, 1.165) is 24.4 Å². The quantitative estimate of drug-likeness (QED) is 0.422. The molecule has 0 spiro atoms. The van der Waals surface area contributed by atoms with Crippen LogP contribution in [0.2, 0.25) is 0 Å². The normalized spacial score (nSPS) is 39.6. The number of halogens is 3. The average Bonchev–Trinajstić information content (AvgIpc) is 2.92. The Labute approximate surface area is 189 Å². The monoisotopic (exact) mass is 499 g/mol. The van der Waals surface area contributed by atoms with Gasteiger partial charge in [0.15, 0.2) is 6.20 Å². The van der Waals surface area contributed by atoms with Crippen molar-refractivity contribution in [1.82, 2.24) is 10.2 Å². The van der Waals surface area contributed by atoms with E-state index >= 15 is 4.39 Å². The first-order chi connectivity index (χ1) is 15.6. The maximum Gasteiger partial charge on any atom is 0.530 e. The van der Waals surface area contributed by atoms with Crippen LogP contribution in [0.3, 0.4) is 0 Å². The second kappa shape index (κ2) is 8.05. The van der Waals surface area contributed by atoms with Crippen molar-refractivity contribution in [3.8, 4) is 5.75 Å². The zero-order valence-electron chi connectivity index (χ0n) is 18.3. The SMILES string of the molecule is [2H]C([2H])(OP1(=O)OCc2cc(F)ccc2O1)[C@@]1(F)O[C@@]([2H])(N2C=C(Cl)C(=S)NC2=C)[C@H](O)[C@@H]1O. The molecule has 0 radical (unpaired) electrons. The number of phosphoric acid groups is 1. The van der Waals surface area contributed by atoms with Crippen molar-refractivity contribution in [2.75, 3.05) is 6.56 Å². The number of phosphoric ester groups is 1. The number of rotatable bonds is 4. The van der Waals surface area contributed by atoms with Gasteiger partial charge in [-0.15, -0.1) is 0 Å². The largest absolute Gasteiger partial charge is 0.530 e. The summed E-state index contributed by atoms with van der Waals surface area (Å²) in [5, 5.41) is 23.1. The van der Waals surface area contributed by atoms with Crippen molar-refractivity contribution in [2.24, 2.45) is 0 Å². The predicted molar refractivity (Wildman–Crippen MR) is 107 cm³/mol. The minimum Gasteiger partial charge on any atom is -0.404 e. The molecular formula is C17H16ClF2N2O7PS. The molecule has 0 bridgehead atoms. The molecule has 3 heterocycles. The fourth-order valence-electron chi connectivity index (χ4n) is 2.79. The standard InChI is InChI=1S/C17H16ClF2N2O7PS/c1-8-21-15(31)11(18)5-22(8)16-13(23)14(24)17(20,28-16)7-27-30(25)26-6-9-4-10(19)2-3-12(9)29-30/h2-5,13-14,16,23-24H,1,6-7H2,(H,21,31)/t13-,14+,16-,17-,30?/m1/s1/i7D2,16D. The fourth-order valence-corrected chi connectivity index (χ4v) is 4.20. The van der Waals surface area contributed by atoms with Crippen LogP contribution in [-0.4, -0.2) is 50.9 Å². The lowest BCUT2D eigenvalue weighted by atomic mass is 10.1. The molecule has 3 N–H and O–H groups in total. The van der Waals surface area contributed by atoms with Crippen LogP contribution >= 0.6 is 31.6 Å². The Morgan fingerprint density at radius 1 is 1.58 bits per heavy atom. The van der Waals surface area contributed by atoms with E-state index in [9.17, 15) is 19.2 Å². The fraction of sp³-hybridized carbons (Fsp3) is 0.353. The van der Waals surface area contributed by atoms with Crippen LogP contribution in [0.25, 0.3) is 0 Å². The summed E-state index contributed by atoms with van der Waals surface area (Å²) in [5.41, 5.74) is 0.126. The van der Waals surface area contributed by atoms with Gasteiger partial charge in [-0.1, -0.05) is 30.4 Å². The molecule has 0 aliphatic carbocycles. The number of aliphatic hydroxyl groups excluding tert-OH is 2. The summed E-state index contributed by atoms with van der Waals surface area (Å²) in [6.07, 6.45) is -7.15. The van der Waals surface area contributed by atoms with Crippen LogP contribution in [0.15, 0.2) is 41.8 Å². The van der Waals surface area contributed by atoms with Crippen molar-refractivity contribution in [3.05, 3.63) is 53.2 Å². The molecule has 31 heavy (non-hydrogen) atoms. The number of hydrogen-bond donors (Lipinski definition) is 3. The van der Waals surface area contributed by atoms with Gasteiger partial charge in [-0.2, -0.15) is 0 Å². The molecule has 4 rings (SSSR count). The molecule has 0 saturated carbocycles. The Bertz CT molecular complexity index is 1170. The lowest BCUT2D eigenvalue weighted by molar-refractivity contribution is -0.207. The first-order valence-electron chi connectivity index (χ1n) is 9.97. The summed E-state index contributed by atoms with van der Waals surface area (Å²) in [5.74, 6) is -5.01. The Hall–Kier alpha value is -1.63. The summed E-state index contributed by atoms with van der Waals surface area (Å²) in [4.78, 5) is 0.673. The number of alkyl halides is 1. The number of fused-ring (bicyclic) bond motifs is 1. The zero-order chi connectivity index (χ0) is 25.3. The highest BCUT2D eigenvalue weighted by molar-refractivity contribution is 7.81. The van der Waals surface area contributed by atoms with Gasteiger partial charge in [0.1, 0.15) is 41.1 Å². The molecule has 0 aromatic heterocycles. The lowest BCUT2D eigenvalue weighted by Gasteiger charge is -2.34. The molecular weight excluding hydrogens is 481 g/mol. The average molecular weight is 500 g/mol. The number of nitrogens with one attached hydrogen (secondary N) is 1. The van der Waals surface area contributed by atoms with Gasteiger partial charge in [0.05, 0.1) is 15.8 Å². The molecule has 3 aliphatic rings. The number of aliphatic hydroxyl groups is 2. The second-order valence-electron chi connectivity index (χ2n) is 6.48. The number of benzene rings is 1. The summed E-state index contributed by atoms with van der Waals surface area (Å²) in [7, 11) is -4.89. The summed E-state index contributed by atoms with van der Waals surface area (Å²) in [6, 6.07) is 3.07. The smallest absolute Gasteiger partial charge is 0.404 e. The van der Waals surface area contributed by atoms with Gasteiger partial charge in [0, 0.05) is 11.8 Å². The van der Waals surface area contributed by atoms with Gasteiger partial charge < -0.3 is 29.7 Å². The Morgan fingerprint density at radius 2 is 2.32 bits per heavy atom. The zero-order valence-corrected chi connectivity index (χ0v) is 17.7.